The number of rotatable bonds is 4. The molecule has 3 aliphatic heterocycles. The number of nitrogens with one attached hydrogen (secondary N) is 1. The first-order valence-electron chi connectivity index (χ1n) is 7.55. The lowest BCUT2D eigenvalue weighted by atomic mass is 9.91. The molecule has 3 fully saturated rings. The van der Waals surface area contributed by atoms with Gasteiger partial charge in [0, 0.05) is 44.8 Å². The van der Waals surface area contributed by atoms with Crippen LogP contribution in [0.1, 0.15) is 24.1 Å². The Hall–Kier alpha value is -0.900. The molecule has 3 saturated heterocycles. The highest BCUT2D eigenvalue weighted by Gasteiger charge is 2.37. The van der Waals surface area contributed by atoms with Gasteiger partial charge in [-0.3, -0.25) is 9.80 Å². The number of nitrogens with zero attached hydrogens (tertiary/aromatic N) is 2. The van der Waals surface area contributed by atoms with Gasteiger partial charge in [-0.25, -0.2) is 0 Å². The zero-order valence-electron chi connectivity index (χ0n) is 12.1. The molecule has 3 heteroatoms. The van der Waals surface area contributed by atoms with Gasteiger partial charge in [0.1, 0.15) is 0 Å². The highest BCUT2D eigenvalue weighted by atomic mass is 15.4. The van der Waals surface area contributed by atoms with Crippen LogP contribution in [-0.2, 0) is 0 Å². The van der Waals surface area contributed by atoms with Crippen LogP contribution in [0.15, 0.2) is 24.3 Å². The van der Waals surface area contributed by atoms with E-state index in [4.69, 9.17) is 0 Å². The Labute approximate surface area is 116 Å². The molecule has 0 saturated carbocycles. The van der Waals surface area contributed by atoms with E-state index in [9.17, 15) is 0 Å². The van der Waals surface area contributed by atoms with Crippen LogP contribution in [0.2, 0.25) is 0 Å². The fourth-order valence-corrected chi connectivity index (χ4v) is 3.58. The molecule has 1 N–H and O–H groups in total. The first-order chi connectivity index (χ1) is 9.29. The van der Waals surface area contributed by atoms with Gasteiger partial charge >= 0.3 is 0 Å². The van der Waals surface area contributed by atoms with E-state index in [-0.39, 0.29) is 0 Å². The maximum atomic E-state index is 3.73. The predicted octanol–water partition coefficient (Wildman–Crippen LogP) is 1.65. The summed E-state index contributed by atoms with van der Waals surface area (Å²) in [6.07, 6.45) is 0. The van der Waals surface area contributed by atoms with Crippen molar-refractivity contribution in [2.75, 3.05) is 39.3 Å². The highest BCUT2D eigenvalue weighted by molar-refractivity contribution is 5.30. The average Bonchev–Trinajstić information content (AvgIpc) is 2.47. The third-order valence-corrected chi connectivity index (χ3v) is 4.65. The predicted molar refractivity (Wildman–Crippen MR) is 79.4 cm³/mol. The lowest BCUT2D eigenvalue weighted by Gasteiger charge is -2.50. The third-order valence-electron chi connectivity index (χ3n) is 4.65. The number of aryl methyl sites for hydroxylation is 1. The molecule has 0 spiro atoms. The van der Waals surface area contributed by atoms with Crippen molar-refractivity contribution in [1.29, 1.82) is 0 Å². The van der Waals surface area contributed by atoms with Gasteiger partial charge in [-0.1, -0.05) is 31.2 Å². The van der Waals surface area contributed by atoms with E-state index in [0.29, 0.717) is 12.1 Å². The SMILES string of the molecule is CCNC(c1ccccc1C)C1CN2CCN1CC2. The molecule has 19 heavy (non-hydrogen) atoms. The van der Waals surface area contributed by atoms with E-state index in [1.54, 1.807) is 0 Å². The number of fused-ring (bicyclic) bond motifs is 3. The second-order valence-electron chi connectivity index (χ2n) is 5.80. The van der Waals surface area contributed by atoms with Crippen LogP contribution in [0, 0.1) is 6.92 Å². The van der Waals surface area contributed by atoms with Gasteiger partial charge in [-0.2, -0.15) is 0 Å². The van der Waals surface area contributed by atoms with E-state index < -0.39 is 0 Å². The molecule has 2 bridgehead atoms. The number of hydrogen-bond donors (Lipinski definition) is 1. The molecule has 0 amide bonds. The van der Waals surface area contributed by atoms with Gasteiger partial charge < -0.3 is 5.32 Å². The summed E-state index contributed by atoms with van der Waals surface area (Å²) in [6.45, 7) is 11.7. The molecule has 1 aromatic carbocycles. The first kappa shape index (κ1) is 13.1. The van der Waals surface area contributed by atoms with Gasteiger partial charge in [-0.15, -0.1) is 0 Å². The fourth-order valence-electron chi connectivity index (χ4n) is 3.58. The second-order valence-corrected chi connectivity index (χ2v) is 5.80. The largest absolute Gasteiger partial charge is 0.309 e. The Balaban J connectivity index is 1.87. The molecule has 2 unspecified atom stereocenters. The Bertz CT molecular complexity index is 424. The monoisotopic (exact) mass is 259 g/mol. The van der Waals surface area contributed by atoms with E-state index in [1.165, 1.54) is 43.9 Å². The van der Waals surface area contributed by atoms with E-state index in [2.05, 4.69) is 53.2 Å². The number of hydrogen-bond acceptors (Lipinski definition) is 3. The highest BCUT2D eigenvalue weighted by Crippen LogP contribution is 2.28. The summed E-state index contributed by atoms with van der Waals surface area (Å²) in [5.74, 6) is 0. The molecule has 0 aromatic heterocycles. The summed E-state index contributed by atoms with van der Waals surface area (Å²) >= 11 is 0. The smallest absolute Gasteiger partial charge is 0.0493 e. The van der Waals surface area contributed by atoms with Crippen molar-refractivity contribution in [3.8, 4) is 0 Å². The van der Waals surface area contributed by atoms with Crippen molar-refractivity contribution in [2.45, 2.75) is 25.9 Å². The normalized spacial score (nSPS) is 31.4. The molecule has 3 nitrogen and oxygen atoms in total. The van der Waals surface area contributed by atoms with E-state index >= 15 is 0 Å². The summed E-state index contributed by atoms with van der Waals surface area (Å²) in [5.41, 5.74) is 2.88. The Morgan fingerprint density at radius 2 is 1.95 bits per heavy atom. The zero-order valence-corrected chi connectivity index (χ0v) is 12.1. The van der Waals surface area contributed by atoms with Crippen molar-refractivity contribution < 1.29 is 0 Å². The van der Waals surface area contributed by atoms with Crippen molar-refractivity contribution in [3.63, 3.8) is 0 Å². The van der Waals surface area contributed by atoms with Crippen LogP contribution < -0.4 is 5.32 Å². The van der Waals surface area contributed by atoms with Gasteiger partial charge in [0.05, 0.1) is 0 Å². The molecular formula is C16H25N3. The molecule has 3 aliphatic rings. The maximum absolute atomic E-state index is 3.73. The number of benzene rings is 1. The fraction of sp³-hybridized carbons (Fsp3) is 0.625. The lowest BCUT2D eigenvalue weighted by molar-refractivity contribution is -0.00352. The molecule has 104 valence electrons. The van der Waals surface area contributed by atoms with Gasteiger partial charge in [0.25, 0.3) is 0 Å². The van der Waals surface area contributed by atoms with Crippen molar-refractivity contribution in [1.82, 2.24) is 15.1 Å². The summed E-state index contributed by atoms with van der Waals surface area (Å²) in [7, 11) is 0. The summed E-state index contributed by atoms with van der Waals surface area (Å²) in [5, 5.41) is 3.73. The zero-order chi connectivity index (χ0) is 13.2. The van der Waals surface area contributed by atoms with Crippen molar-refractivity contribution >= 4 is 0 Å². The molecule has 0 aliphatic carbocycles. The van der Waals surface area contributed by atoms with Crippen LogP contribution in [0.5, 0.6) is 0 Å². The molecular weight excluding hydrogens is 234 g/mol. The minimum Gasteiger partial charge on any atom is -0.309 e. The number of likely N-dealkylation sites (N-methyl/N-ethyl adjacent to an activating group) is 1. The molecule has 1 aromatic rings. The van der Waals surface area contributed by atoms with Crippen LogP contribution in [-0.4, -0.2) is 55.1 Å². The van der Waals surface area contributed by atoms with E-state index in [0.717, 1.165) is 6.54 Å². The summed E-state index contributed by atoms with van der Waals surface area (Å²) < 4.78 is 0. The van der Waals surface area contributed by atoms with Crippen LogP contribution in [0.4, 0.5) is 0 Å². The Kier molecular flexibility index (Phi) is 3.87. The average molecular weight is 259 g/mol. The second kappa shape index (κ2) is 5.61. The van der Waals surface area contributed by atoms with Crippen molar-refractivity contribution in [2.24, 2.45) is 0 Å². The quantitative estimate of drug-likeness (QED) is 0.887. The lowest BCUT2D eigenvalue weighted by Crippen LogP contribution is -2.64. The maximum Gasteiger partial charge on any atom is 0.0493 e. The topological polar surface area (TPSA) is 18.5 Å². The minimum atomic E-state index is 0.467. The Morgan fingerprint density at radius 3 is 2.53 bits per heavy atom. The number of piperazine rings is 3. The third kappa shape index (κ3) is 2.55. The van der Waals surface area contributed by atoms with Crippen LogP contribution in [0.25, 0.3) is 0 Å². The summed E-state index contributed by atoms with van der Waals surface area (Å²) in [4.78, 5) is 5.30. The Morgan fingerprint density at radius 1 is 1.21 bits per heavy atom. The standard InChI is InChI=1S/C16H25N3/c1-3-17-16(14-7-5-4-6-13(14)2)15-12-18-8-10-19(15)11-9-18/h4-7,15-17H,3,8-12H2,1-2H3. The van der Waals surface area contributed by atoms with Crippen molar-refractivity contribution in [3.05, 3.63) is 35.4 Å². The van der Waals surface area contributed by atoms with Crippen LogP contribution in [0.3, 0.4) is 0 Å². The molecule has 0 radical (unpaired) electrons. The van der Waals surface area contributed by atoms with Gasteiger partial charge in [0.15, 0.2) is 0 Å². The summed E-state index contributed by atoms with van der Waals surface area (Å²) in [6, 6.07) is 9.93. The first-order valence-corrected chi connectivity index (χ1v) is 7.55. The molecule has 3 heterocycles. The van der Waals surface area contributed by atoms with Crippen LogP contribution >= 0.6 is 0 Å². The van der Waals surface area contributed by atoms with Gasteiger partial charge in [-0.05, 0) is 24.6 Å². The molecule has 2 atom stereocenters. The van der Waals surface area contributed by atoms with Gasteiger partial charge in [0.2, 0.25) is 0 Å². The van der Waals surface area contributed by atoms with E-state index in [1.807, 2.05) is 0 Å². The minimum absolute atomic E-state index is 0.467. The molecule has 4 rings (SSSR count).